The predicted molar refractivity (Wildman–Crippen MR) is 93.9 cm³/mol. The van der Waals surface area contributed by atoms with Crippen molar-refractivity contribution in [2.45, 2.75) is 0 Å². The molecule has 3 aromatic rings. The van der Waals surface area contributed by atoms with E-state index in [2.05, 4.69) is 36.7 Å². The standard InChI is InChI=1S/C16H14BrN5O2/c1-22-6-2-3-14(22)12-8-13(20-19-12)16(24)21-18-9-10-7-11(17)4-5-15(10)23/h2-9,23H,1H3,(H,19,20)(H,21,24)/b18-9+. The number of H-pyrrole nitrogens is 1. The van der Waals surface area contributed by atoms with E-state index in [1.165, 1.54) is 12.3 Å². The Morgan fingerprint density at radius 3 is 3.00 bits per heavy atom. The first kappa shape index (κ1) is 16.0. The molecule has 3 N–H and O–H groups in total. The van der Waals surface area contributed by atoms with Crippen LogP contribution >= 0.6 is 15.9 Å². The number of phenols is 1. The summed E-state index contributed by atoms with van der Waals surface area (Å²) in [7, 11) is 1.90. The van der Waals surface area contributed by atoms with Crippen molar-refractivity contribution >= 4 is 28.1 Å². The van der Waals surface area contributed by atoms with Gasteiger partial charge in [-0.2, -0.15) is 10.2 Å². The third-order valence-corrected chi connectivity index (χ3v) is 3.88. The lowest BCUT2D eigenvalue weighted by molar-refractivity contribution is 0.0950. The van der Waals surface area contributed by atoms with Crippen molar-refractivity contribution < 1.29 is 9.90 Å². The van der Waals surface area contributed by atoms with Crippen LogP contribution in [0.1, 0.15) is 16.1 Å². The molecule has 0 atom stereocenters. The zero-order valence-corrected chi connectivity index (χ0v) is 14.3. The number of hydrogen-bond donors (Lipinski definition) is 3. The van der Waals surface area contributed by atoms with Crippen LogP contribution in [0.2, 0.25) is 0 Å². The van der Waals surface area contributed by atoms with E-state index in [4.69, 9.17) is 0 Å². The summed E-state index contributed by atoms with van der Waals surface area (Å²) in [6.45, 7) is 0. The molecule has 0 saturated heterocycles. The third-order valence-electron chi connectivity index (χ3n) is 3.39. The smallest absolute Gasteiger partial charge is 0.289 e. The number of carbonyl (C=O) groups is 1. The quantitative estimate of drug-likeness (QED) is 0.474. The van der Waals surface area contributed by atoms with Gasteiger partial charge in [-0.25, -0.2) is 5.43 Å². The summed E-state index contributed by atoms with van der Waals surface area (Å²) in [5.41, 5.74) is 4.74. The molecule has 7 nitrogen and oxygen atoms in total. The number of carbonyl (C=O) groups excluding carboxylic acids is 1. The van der Waals surface area contributed by atoms with Gasteiger partial charge in [-0.3, -0.25) is 9.89 Å². The van der Waals surface area contributed by atoms with Gasteiger partial charge in [0.1, 0.15) is 17.1 Å². The average molecular weight is 388 g/mol. The highest BCUT2D eigenvalue weighted by Gasteiger charge is 2.11. The van der Waals surface area contributed by atoms with Crippen molar-refractivity contribution in [3.8, 4) is 17.1 Å². The second-order valence-electron chi connectivity index (χ2n) is 5.07. The van der Waals surface area contributed by atoms with Gasteiger partial charge in [-0.05, 0) is 36.4 Å². The van der Waals surface area contributed by atoms with Crippen LogP contribution in [0, 0.1) is 0 Å². The predicted octanol–water partition coefficient (Wildman–Crippen LogP) is 2.65. The molecule has 0 aliphatic heterocycles. The Morgan fingerprint density at radius 2 is 2.25 bits per heavy atom. The van der Waals surface area contributed by atoms with E-state index in [0.29, 0.717) is 17.0 Å². The monoisotopic (exact) mass is 387 g/mol. The summed E-state index contributed by atoms with van der Waals surface area (Å²) < 4.78 is 2.71. The first-order valence-corrected chi connectivity index (χ1v) is 7.83. The van der Waals surface area contributed by atoms with E-state index in [-0.39, 0.29) is 5.75 Å². The van der Waals surface area contributed by atoms with Crippen LogP contribution in [0.15, 0.2) is 52.2 Å². The molecule has 0 bridgehead atoms. The van der Waals surface area contributed by atoms with Gasteiger partial charge in [0, 0.05) is 23.3 Å². The Kier molecular flexibility index (Phi) is 4.48. The molecule has 0 aliphatic rings. The summed E-state index contributed by atoms with van der Waals surface area (Å²) in [6, 6.07) is 10.4. The number of rotatable bonds is 4. The fraction of sp³-hybridized carbons (Fsp3) is 0.0625. The van der Waals surface area contributed by atoms with Crippen molar-refractivity contribution in [1.82, 2.24) is 20.2 Å². The van der Waals surface area contributed by atoms with Crippen LogP contribution < -0.4 is 5.43 Å². The molecule has 0 saturated carbocycles. The molecule has 3 rings (SSSR count). The van der Waals surface area contributed by atoms with E-state index in [1.54, 1.807) is 18.2 Å². The largest absolute Gasteiger partial charge is 0.507 e. The van der Waals surface area contributed by atoms with Gasteiger partial charge in [-0.15, -0.1) is 0 Å². The second-order valence-corrected chi connectivity index (χ2v) is 5.99. The highest BCUT2D eigenvalue weighted by Crippen LogP contribution is 2.20. The number of aromatic hydroxyl groups is 1. The summed E-state index contributed by atoms with van der Waals surface area (Å²) in [5.74, 6) is -0.350. The van der Waals surface area contributed by atoms with Crippen molar-refractivity contribution in [2.75, 3.05) is 0 Å². The van der Waals surface area contributed by atoms with Crippen LogP contribution in [-0.2, 0) is 7.05 Å². The van der Waals surface area contributed by atoms with Gasteiger partial charge in [0.15, 0.2) is 0 Å². The Labute approximate surface area is 146 Å². The van der Waals surface area contributed by atoms with Crippen LogP contribution in [0.25, 0.3) is 11.4 Å². The number of halogens is 1. The normalized spacial score (nSPS) is 11.1. The van der Waals surface area contributed by atoms with Crippen LogP contribution in [0.5, 0.6) is 5.75 Å². The molecule has 0 spiro atoms. The summed E-state index contributed by atoms with van der Waals surface area (Å²) in [6.07, 6.45) is 3.27. The van der Waals surface area contributed by atoms with Crippen LogP contribution in [-0.4, -0.2) is 32.0 Å². The molecule has 0 radical (unpaired) electrons. The number of amides is 1. The lowest BCUT2D eigenvalue weighted by Gasteiger charge is -1.99. The molecule has 2 aromatic heterocycles. The number of nitrogens with one attached hydrogen (secondary N) is 2. The zero-order valence-electron chi connectivity index (χ0n) is 12.7. The van der Waals surface area contributed by atoms with Crippen molar-refractivity contribution in [3.63, 3.8) is 0 Å². The minimum absolute atomic E-state index is 0.0729. The lowest BCUT2D eigenvalue weighted by atomic mass is 10.2. The average Bonchev–Trinajstić information content (AvgIpc) is 3.19. The number of hydrazone groups is 1. The first-order valence-electron chi connectivity index (χ1n) is 7.03. The second kappa shape index (κ2) is 6.71. The number of aromatic amines is 1. The Morgan fingerprint density at radius 1 is 1.42 bits per heavy atom. The van der Waals surface area contributed by atoms with Gasteiger partial charge in [0.25, 0.3) is 5.91 Å². The van der Waals surface area contributed by atoms with E-state index in [1.807, 2.05) is 29.9 Å². The maximum Gasteiger partial charge on any atom is 0.289 e. The van der Waals surface area contributed by atoms with Gasteiger partial charge in [0.05, 0.1) is 11.9 Å². The summed E-state index contributed by atoms with van der Waals surface area (Å²) >= 11 is 3.31. The number of hydrogen-bond acceptors (Lipinski definition) is 4. The topological polar surface area (TPSA) is 95.3 Å². The summed E-state index contributed by atoms with van der Waals surface area (Å²) in [4.78, 5) is 12.1. The number of aryl methyl sites for hydroxylation is 1. The fourth-order valence-corrected chi connectivity index (χ4v) is 2.52. The fourth-order valence-electron chi connectivity index (χ4n) is 2.15. The van der Waals surface area contributed by atoms with Gasteiger partial charge in [0.2, 0.25) is 0 Å². The summed E-state index contributed by atoms with van der Waals surface area (Å²) in [5, 5.41) is 20.4. The molecule has 0 aliphatic carbocycles. The molecular formula is C16H14BrN5O2. The highest BCUT2D eigenvalue weighted by molar-refractivity contribution is 9.10. The maximum absolute atomic E-state index is 12.1. The first-order chi connectivity index (χ1) is 11.5. The zero-order chi connectivity index (χ0) is 17.1. The Balaban J connectivity index is 1.70. The molecule has 1 amide bonds. The number of aromatic nitrogens is 3. The minimum atomic E-state index is -0.423. The number of phenolic OH excluding ortho intramolecular Hbond substituents is 1. The maximum atomic E-state index is 12.1. The van der Waals surface area contributed by atoms with Crippen LogP contribution in [0.4, 0.5) is 0 Å². The Bertz CT molecular complexity index is 913. The molecule has 0 fully saturated rings. The molecule has 0 unspecified atom stereocenters. The number of benzene rings is 1. The van der Waals surface area contributed by atoms with Gasteiger partial charge in [-0.1, -0.05) is 15.9 Å². The third kappa shape index (κ3) is 3.38. The minimum Gasteiger partial charge on any atom is -0.507 e. The van der Waals surface area contributed by atoms with E-state index in [9.17, 15) is 9.90 Å². The lowest BCUT2D eigenvalue weighted by Crippen LogP contribution is -2.18. The van der Waals surface area contributed by atoms with Crippen LogP contribution in [0.3, 0.4) is 0 Å². The highest BCUT2D eigenvalue weighted by atomic mass is 79.9. The van der Waals surface area contributed by atoms with Gasteiger partial charge >= 0.3 is 0 Å². The SMILES string of the molecule is Cn1cccc1-c1cc(C(=O)N/N=C/c2cc(Br)ccc2O)[nH]n1. The molecule has 2 heterocycles. The molecule has 8 heteroatoms. The van der Waals surface area contributed by atoms with Gasteiger partial charge < -0.3 is 9.67 Å². The Hall–Kier alpha value is -2.87. The number of nitrogens with zero attached hydrogens (tertiary/aromatic N) is 3. The van der Waals surface area contributed by atoms with E-state index < -0.39 is 5.91 Å². The van der Waals surface area contributed by atoms with Crippen molar-refractivity contribution in [1.29, 1.82) is 0 Å². The van der Waals surface area contributed by atoms with Crippen molar-refractivity contribution in [3.05, 3.63) is 58.3 Å². The van der Waals surface area contributed by atoms with Crippen molar-refractivity contribution in [2.24, 2.45) is 12.1 Å². The molecule has 1 aromatic carbocycles. The molecule has 122 valence electrons. The molecular weight excluding hydrogens is 374 g/mol. The van der Waals surface area contributed by atoms with E-state index in [0.717, 1.165) is 10.2 Å². The van der Waals surface area contributed by atoms with E-state index >= 15 is 0 Å². The molecule has 24 heavy (non-hydrogen) atoms.